The lowest BCUT2D eigenvalue weighted by atomic mass is 9.89. The van der Waals surface area contributed by atoms with Crippen molar-refractivity contribution >= 4 is 51.1 Å². The van der Waals surface area contributed by atoms with Crippen molar-refractivity contribution in [1.82, 2.24) is 33.9 Å². The maximum absolute atomic E-state index is 6.47. The fourth-order valence-electron chi connectivity index (χ4n) is 6.94. The number of halogens is 1. The number of nitrogens with two attached hydrogens (primary N) is 1. The molecule has 3 aromatic heterocycles. The Labute approximate surface area is 251 Å². The molecule has 0 atom stereocenters. The van der Waals surface area contributed by atoms with E-state index in [0.717, 1.165) is 63.2 Å². The number of aromatic nitrogens is 5. The summed E-state index contributed by atoms with van der Waals surface area (Å²) in [4.78, 5) is 19.0. The zero-order valence-corrected chi connectivity index (χ0v) is 25.3. The van der Waals surface area contributed by atoms with Gasteiger partial charge in [-0.2, -0.15) is 0 Å². The van der Waals surface area contributed by atoms with Crippen molar-refractivity contribution in [1.29, 1.82) is 0 Å². The molecule has 218 valence electrons. The van der Waals surface area contributed by atoms with E-state index >= 15 is 0 Å². The lowest BCUT2D eigenvalue weighted by Crippen LogP contribution is -2.49. The van der Waals surface area contributed by atoms with Crippen LogP contribution in [0.15, 0.2) is 48.9 Å². The average molecular weight is 584 g/mol. The highest BCUT2D eigenvalue weighted by Gasteiger charge is 2.30. The average Bonchev–Trinajstić information content (AvgIpc) is 3.56. The summed E-state index contributed by atoms with van der Waals surface area (Å²) in [5, 5.41) is 5.05. The molecule has 7 rings (SSSR count). The zero-order chi connectivity index (χ0) is 29.0. The second kappa shape index (κ2) is 10.9. The summed E-state index contributed by atoms with van der Waals surface area (Å²) in [6.45, 7) is 6.77. The van der Waals surface area contributed by atoms with Crippen LogP contribution in [0.4, 0.5) is 17.5 Å². The number of fused-ring (bicyclic) bond motifs is 2. The molecule has 2 aliphatic rings. The van der Waals surface area contributed by atoms with Crippen LogP contribution in [-0.2, 0) is 7.05 Å². The van der Waals surface area contributed by atoms with Crippen molar-refractivity contribution in [3.8, 4) is 11.1 Å². The Morgan fingerprint density at radius 2 is 1.62 bits per heavy atom. The van der Waals surface area contributed by atoms with Crippen molar-refractivity contribution in [2.75, 3.05) is 44.3 Å². The monoisotopic (exact) mass is 583 g/mol. The highest BCUT2D eigenvalue weighted by atomic mass is 35.5. The minimum Gasteiger partial charge on any atom is -0.383 e. The standard InChI is InChI=1S/C32H38ClN9/c1-20-4-13-26(33)28-29(20)40(3)32(38-28)37-22-7-5-21(6-8-22)25-18-42(31-27(25)30(34)35-19-36-31)24-11-9-23(10-12-24)41-16-14-39(2)15-17-41/h4-8,13,18-19,23-24H,9-12,14-17H2,1-3H3,(H,37,38)(H2,34,35,36)/t23-,24-. The van der Waals surface area contributed by atoms with Crippen LogP contribution in [0.25, 0.3) is 33.2 Å². The van der Waals surface area contributed by atoms with E-state index in [9.17, 15) is 0 Å². The van der Waals surface area contributed by atoms with Crippen molar-refractivity contribution in [3.63, 3.8) is 0 Å². The van der Waals surface area contributed by atoms with E-state index in [1.165, 1.54) is 39.0 Å². The van der Waals surface area contributed by atoms with Crippen LogP contribution in [0, 0.1) is 6.92 Å². The number of likely N-dealkylation sites (N-methyl/N-ethyl adjacent to an activating group) is 1. The molecule has 5 aromatic rings. The summed E-state index contributed by atoms with van der Waals surface area (Å²) in [5.74, 6) is 1.27. The van der Waals surface area contributed by atoms with E-state index in [1.807, 2.05) is 19.2 Å². The third kappa shape index (κ3) is 4.79. The van der Waals surface area contributed by atoms with Gasteiger partial charge in [0.05, 0.1) is 15.9 Å². The minimum atomic E-state index is 0.410. The largest absolute Gasteiger partial charge is 0.383 e. The second-order valence-electron chi connectivity index (χ2n) is 12.0. The molecule has 1 saturated heterocycles. The molecule has 0 spiro atoms. The number of aryl methyl sites for hydroxylation is 2. The molecule has 2 aromatic carbocycles. The zero-order valence-electron chi connectivity index (χ0n) is 24.5. The molecule has 42 heavy (non-hydrogen) atoms. The Balaban J connectivity index is 1.14. The number of rotatable bonds is 5. The summed E-state index contributed by atoms with van der Waals surface area (Å²) < 4.78 is 4.41. The van der Waals surface area contributed by atoms with E-state index in [1.54, 1.807) is 6.33 Å². The van der Waals surface area contributed by atoms with Gasteiger partial charge in [0.1, 0.15) is 23.3 Å². The Hall–Kier alpha value is -3.66. The predicted octanol–water partition coefficient (Wildman–Crippen LogP) is 6.00. The quantitative estimate of drug-likeness (QED) is 0.262. The molecule has 2 fully saturated rings. The van der Waals surface area contributed by atoms with Gasteiger partial charge >= 0.3 is 0 Å². The van der Waals surface area contributed by atoms with E-state index in [0.29, 0.717) is 22.9 Å². The number of benzene rings is 2. The van der Waals surface area contributed by atoms with Crippen LogP contribution in [0.5, 0.6) is 0 Å². The van der Waals surface area contributed by atoms with Gasteiger partial charge in [-0.3, -0.25) is 4.90 Å². The summed E-state index contributed by atoms with van der Waals surface area (Å²) in [6, 6.07) is 13.4. The molecule has 4 heterocycles. The van der Waals surface area contributed by atoms with Crippen molar-refractivity contribution in [2.45, 2.75) is 44.7 Å². The Bertz CT molecular complexity index is 1740. The van der Waals surface area contributed by atoms with Gasteiger partial charge < -0.3 is 25.1 Å². The lowest BCUT2D eigenvalue weighted by Gasteiger charge is -2.41. The van der Waals surface area contributed by atoms with Gasteiger partial charge in [0.15, 0.2) is 0 Å². The summed E-state index contributed by atoms with van der Waals surface area (Å²) in [7, 11) is 4.23. The van der Waals surface area contributed by atoms with Gasteiger partial charge in [0.25, 0.3) is 0 Å². The number of piperazine rings is 1. The van der Waals surface area contributed by atoms with Crippen LogP contribution in [0.1, 0.15) is 37.3 Å². The molecular formula is C32H38ClN9. The normalized spacial score (nSPS) is 20.5. The molecular weight excluding hydrogens is 546 g/mol. The van der Waals surface area contributed by atoms with Gasteiger partial charge in [-0.05, 0) is 69.0 Å². The van der Waals surface area contributed by atoms with Crippen molar-refractivity contribution in [2.24, 2.45) is 7.05 Å². The third-order valence-electron chi connectivity index (χ3n) is 9.38. The summed E-state index contributed by atoms with van der Waals surface area (Å²) in [6.07, 6.45) is 8.57. The van der Waals surface area contributed by atoms with E-state index in [2.05, 4.69) is 73.7 Å². The van der Waals surface area contributed by atoms with Gasteiger partial charge in [0.2, 0.25) is 5.95 Å². The number of nitrogens with one attached hydrogen (secondary N) is 1. The molecule has 0 unspecified atom stereocenters. The first kappa shape index (κ1) is 27.2. The van der Waals surface area contributed by atoms with Crippen LogP contribution in [-0.4, -0.2) is 73.2 Å². The molecule has 10 heteroatoms. The smallest absolute Gasteiger partial charge is 0.208 e. The molecule has 3 N–H and O–H groups in total. The van der Waals surface area contributed by atoms with E-state index < -0.39 is 0 Å². The number of hydrogen-bond donors (Lipinski definition) is 2. The number of nitrogens with zero attached hydrogens (tertiary/aromatic N) is 7. The van der Waals surface area contributed by atoms with Gasteiger partial charge in [-0.1, -0.05) is 29.8 Å². The number of nitrogen functional groups attached to an aromatic ring is 1. The lowest BCUT2D eigenvalue weighted by molar-refractivity contribution is 0.0828. The van der Waals surface area contributed by atoms with Crippen molar-refractivity contribution < 1.29 is 0 Å². The van der Waals surface area contributed by atoms with Crippen molar-refractivity contribution in [3.05, 3.63) is 59.5 Å². The number of hydrogen-bond acceptors (Lipinski definition) is 7. The fraction of sp³-hybridized carbons (Fsp3) is 0.406. The topological polar surface area (TPSA) is 93.1 Å². The molecule has 9 nitrogen and oxygen atoms in total. The van der Waals surface area contributed by atoms with E-state index in [4.69, 9.17) is 27.3 Å². The Morgan fingerprint density at radius 1 is 0.905 bits per heavy atom. The van der Waals surface area contributed by atoms with Gasteiger partial charge in [0, 0.05) is 62.8 Å². The van der Waals surface area contributed by atoms with Gasteiger partial charge in [-0.15, -0.1) is 0 Å². The maximum Gasteiger partial charge on any atom is 0.208 e. The predicted molar refractivity (Wildman–Crippen MR) is 171 cm³/mol. The molecule has 1 aliphatic heterocycles. The molecule has 1 aliphatic carbocycles. The number of anilines is 3. The van der Waals surface area contributed by atoms with E-state index in [-0.39, 0.29) is 0 Å². The fourth-order valence-corrected chi connectivity index (χ4v) is 7.14. The first-order valence-corrected chi connectivity index (χ1v) is 15.3. The minimum absolute atomic E-state index is 0.410. The summed E-state index contributed by atoms with van der Waals surface area (Å²) in [5.41, 5.74) is 13.5. The van der Waals surface area contributed by atoms with Gasteiger partial charge in [-0.25, -0.2) is 15.0 Å². The molecule has 0 amide bonds. The highest BCUT2D eigenvalue weighted by Crippen LogP contribution is 2.39. The van der Waals surface area contributed by atoms with Crippen LogP contribution in [0.2, 0.25) is 5.02 Å². The highest BCUT2D eigenvalue weighted by molar-refractivity contribution is 6.35. The molecule has 0 bridgehead atoms. The molecule has 1 saturated carbocycles. The Morgan fingerprint density at radius 3 is 2.33 bits per heavy atom. The van der Waals surface area contributed by atoms with Crippen LogP contribution >= 0.6 is 11.6 Å². The maximum atomic E-state index is 6.47. The summed E-state index contributed by atoms with van der Waals surface area (Å²) >= 11 is 6.44. The first-order chi connectivity index (χ1) is 20.4. The Kier molecular flexibility index (Phi) is 7.04. The first-order valence-electron chi connectivity index (χ1n) is 14.9. The van der Waals surface area contributed by atoms with Crippen LogP contribution in [0.3, 0.4) is 0 Å². The third-order valence-corrected chi connectivity index (χ3v) is 9.68. The second-order valence-corrected chi connectivity index (χ2v) is 12.4. The SMILES string of the molecule is Cc1ccc(Cl)c2nc(Nc3ccc(-c4cn([C@H]5CC[C@H](N6CCN(C)CC6)CC5)c5ncnc(N)c45)cc3)n(C)c12. The molecule has 0 radical (unpaired) electrons. The number of imidazole rings is 1. The van der Waals surface area contributed by atoms with Crippen LogP contribution < -0.4 is 11.1 Å².